The van der Waals surface area contributed by atoms with Crippen LogP contribution in [-0.2, 0) is 4.74 Å². The lowest BCUT2D eigenvalue weighted by molar-refractivity contribution is 0.0206. The van der Waals surface area contributed by atoms with Crippen LogP contribution in [0.3, 0.4) is 0 Å². The van der Waals surface area contributed by atoms with Gasteiger partial charge in [-0.2, -0.15) is 0 Å². The Morgan fingerprint density at radius 2 is 1.71 bits per heavy atom. The number of hydrogen-bond donors (Lipinski definition) is 2. The number of amides is 1. The number of anilines is 3. The largest absolute Gasteiger partial charge is 0.493 e. The Morgan fingerprint density at radius 1 is 1.00 bits per heavy atom. The van der Waals surface area contributed by atoms with Crippen LogP contribution in [0.25, 0.3) is 0 Å². The van der Waals surface area contributed by atoms with Crippen molar-refractivity contribution in [2.45, 2.75) is 25.7 Å². The number of hydrogen-bond acceptors (Lipinski definition) is 5. The third kappa shape index (κ3) is 4.98. The maximum Gasteiger partial charge on any atom is 0.257 e. The Labute approximate surface area is 171 Å². The van der Waals surface area contributed by atoms with Gasteiger partial charge in [0.1, 0.15) is 0 Å². The van der Waals surface area contributed by atoms with Gasteiger partial charge in [-0.3, -0.25) is 4.79 Å². The second kappa shape index (κ2) is 8.42. The van der Waals surface area contributed by atoms with Crippen LogP contribution in [0, 0.1) is 0 Å². The molecule has 2 aromatic rings. The zero-order valence-electron chi connectivity index (χ0n) is 16.5. The van der Waals surface area contributed by atoms with E-state index in [4.69, 9.17) is 25.8 Å². The predicted octanol–water partition coefficient (Wildman–Crippen LogP) is 5.35. The molecule has 0 spiro atoms. The molecule has 0 aromatic heterocycles. The zero-order valence-corrected chi connectivity index (χ0v) is 18.3. The highest BCUT2D eigenvalue weighted by Gasteiger charge is 2.22. The fourth-order valence-corrected chi connectivity index (χ4v) is 3.66. The zero-order chi connectivity index (χ0) is 20.3. The number of benzene rings is 2. The molecule has 1 aliphatic heterocycles. The van der Waals surface area contributed by atoms with Crippen molar-refractivity contribution < 1.29 is 19.0 Å². The molecule has 2 aromatic carbocycles. The van der Waals surface area contributed by atoms with Gasteiger partial charge in [-0.05, 0) is 24.2 Å². The highest BCUT2D eigenvalue weighted by molar-refractivity contribution is 6.76. The molecule has 150 valence electrons. The average Bonchev–Trinajstić information content (AvgIpc) is 2.74. The van der Waals surface area contributed by atoms with Crippen LogP contribution >= 0.6 is 11.6 Å². The lowest BCUT2D eigenvalue weighted by Gasteiger charge is -2.17. The Kier molecular flexibility index (Phi) is 6.17. The minimum absolute atomic E-state index is 0.122. The molecule has 0 unspecified atom stereocenters. The maximum absolute atomic E-state index is 12.6. The Balaban J connectivity index is 1.77. The predicted molar refractivity (Wildman–Crippen MR) is 115 cm³/mol. The van der Waals surface area contributed by atoms with Gasteiger partial charge < -0.3 is 24.8 Å². The van der Waals surface area contributed by atoms with Gasteiger partial charge in [0, 0.05) is 31.8 Å². The summed E-state index contributed by atoms with van der Waals surface area (Å²) in [6, 6.07) is 9.67. The number of carbonyl (C=O) groups excluding carboxylic acids is 1. The number of methoxy groups -OCH3 is 1. The van der Waals surface area contributed by atoms with E-state index < -0.39 is 8.07 Å². The summed E-state index contributed by atoms with van der Waals surface area (Å²) in [4.78, 5) is 12.6. The van der Waals surface area contributed by atoms with E-state index in [-0.39, 0.29) is 12.7 Å². The van der Waals surface area contributed by atoms with Gasteiger partial charge in [-0.25, -0.2) is 0 Å². The molecule has 0 saturated heterocycles. The number of rotatable bonds is 7. The fraction of sp³-hybridized carbons (Fsp3) is 0.350. The third-order valence-electron chi connectivity index (χ3n) is 4.34. The number of fused-ring (bicyclic) bond motifs is 2. The van der Waals surface area contributed by atoms with E-state index in [1.165, 1.54) is 0 Å². The van der Waals surface area contributed by atoms with Gasteiger partial charge in [-0.15, -0.1) is 0 Å². The van der Waals surface area contributed by atoms with Crippen molar-refractivity contribution in [1.82, 2.24) is 0 Å². The van der Waals surface area contributed by atoms with Crippen LogP contribution in [0.5, 0.6) is 11.5 Å². The molecule has 0 bridgehead atoms. The van der Waals surface area contributed by atoms with Crippen LogP contribution in [0.4, 0.5) is 17.1 Å². The molecule has 0 atom stereocenters. The van der Waals surface area contributed by atoms with Gasteiger partial charge >= 0.3 is 0 Å². The number of carbonyl (C=O) groups is 1. The van der Waals surface area contributed by atoms with E-state index >= 15 is 0 Å². The molecule has 1 heterocycles. The van der Waals surface area contributed by atoms with E-state index in [1.807, 2.05) is 0 Å². The van der Waals surface area contributed by atoms with Crippen molar-refractivity contribution >= 4 is 42.6 Å². The summed E-state index contributed by atoms with van der Waals surface area (Å²) >= 11 is 6.07. The molecule has 8 heteroatoms. The van der Waals surface area contributed by atoms with E-state index in [0.29, 0.717) is 45.8 Å². The first-order valence-electron chi connectivity index (χ1n) is 9.07. The Hall–Kier alpha value is -2.22. The van der Waals surface area contributed by atoms with Crippen molar-refractivity contribution in [3.05, 3.63) is 40.9 Å². The Bertz CT molecular complexity index is 883. The summed E-state index contributed by atoms with van der Waals surface area (Å²) in [5.41, 5.74) is 2.43. The summed E-state index contributed by atoms with van der Waals surface area (Å²) < 4.78 is 16.8. The highest BCUT2D eigenvalue weighted by Crippen LogP contribution is 2.40. The average molecular weight is 421 g/mol. The van der Waals surface area contributed by atoms with E-state index in [1.54, 1.807) is 37.4 Å². The summed E-state index contributed by atoms with van der Waals surface area (Å²) in [6.45, 7) is 7.68. The van der Waals surface area contributed by atoms with Crippen LogP contribution in [0.1, 0.15) is 10.4 Å². The molecule has 2 N–H and O–H groups in total. The summed E-state index contributed by atoms with van der Waals surface area (Å²) in [7, 11) is 0.428. The van der Waals surface area contributed by atoms with Crippen molar-refractivity contribution in [1.29, 1.82) is 0 Å². The first-order chi connectivity index (χ1) is 13.3. The first kappa shape index (κ1) is 20.5. The molecule has 1 aliphatic rings. The van der Waals surface area contributed by atoms with Crippen LogP contribution in [-0.4, -0.2) is 34.5 Å². The number of halogens is 1. The second-order valence-electron chi connectivity index (χ2n) is 7.80. The normalized spacial score (nSPS) is 13.0. The minimum Gasteiger partial charge on any atom is -0.493 e. The molecular formula is C20H25ClN2O4Si. The molecule has 28 heavy (non-hydrogen) atoms. The maximum atomic E-state index is 12.6. The van der Waals surface area contributed by atoms with Gasteiger partial charge in [0.2, 0.25) is 0 Å². The SMILES string of the molecule is COc1cc2c(cc1OCOCC[Si](C)(C)C)NC(=O)c1ccc(Cl)cc1N2. The minimum atomic E-state index is -1.14. The fourth-order valence-electron chi connectivity index (χ4n) is 2.73. The van der Waals surface area contributed by atoms with Gasteiger partial charge in [-0.1, -0.05) is 31.2 Å². The summed E-state index contributed by atoms with van der Waals surface area (Å²) in [5, 5.41) is 6.68. The molecule has 1 amide bonds. The van der Waals surface area contributed by atoms with Crippen LogP contribution < -0.4 is 20.1 Å². The molecule has 3 rings (SSSR count). The van der Waals surface area contributed by atoms with E-state index in [9.17, 15) is 4.79 Å². The van der Waals surface area contributed by atoms with Gasteiger partial charge in [0.15, 0.2) is 18.3 Å². The quantitative estimate of drug-likeness (QED) is 0.359. The van der Waals surface area contributed by atoms with Crippen molar-refractivity contribution in [3.63, 3.8) is 0 Å². The van der Waals surface area contributed by atoms with Crippen molar-refractivity contribution in [2.24, 2.45) is 0 Å². The highest BCUT2D eigenvalue weighted by atomic mass is 35.5. The number of ether oxygens (including phenoxy) is 3. The summed E-state index contributed by atoms with van der Waals surface area (Å²) in [6.07, 6.45) is 0. The summed E-state index contributed by atoms with van der Waals surface area (Å²) in [5.74, 6) is 0.820. The van der Waals surface area contributed by atoms with Crippen LogP contribution in [0.15, 0.2) is 30.3 Å². The Morgan fingerprint density at radius 3 is 2.43 bits per heavy atom. The monoisotopic (exact) mass is 420 g/mol. The smallest absolute Gasteiger partial charge is 0.257 e. The molecular weight excluding hydrogens is 396 g/mol. The third-order valence-corrected chi connectivity index (χ3v) is 6.28. The molecule has 6 nitrogen and oxygen atoms in total. The lowest BCUT2D eigenvalue weighted by Crippen LogP contribution is -2.22. The van der Waals surface area contributed by atoms with Gasteiger partial charge in [0.25, 0.3) is 5.91 Å². The second-order valence-corrected chi connectivity index (χ2v) is 13.9. The van der Waals surface area contributed by atoms with Gasteiger partial charge in [0.05, 0.1) is 29.7 Å². The first-order valence-corrected chi connectivity index (χ1v) is 13.2. The number of nitrogens with one attached hydrogen (secondary N) is 2. The van der Waals surface area contributed by atoms with Crippen molar-refractivity contribution in [2.75, 3.05) is 31.1 Å². The lowest BCUT2D eigenvalue weighted by atomic mass is 10.1. The molecule has 0 aliphatic carbocycles. The van der Waals surface area contributed by atoms with Crippen LogP contribution in [0.2, 0.25) is 30.7 Å². The molecule has 0 radical (unpaired) electrons. The molecule has 0 fully saturated rings. The van der Waals surface area contributed by atoms with Crippen molar-refractivity contribution in [3.8, 4) is 11.5 Å². The van der Waals surface area contributed by atoms with E-state index in [0.717, 1.165) is 6.04 Å². The van der Waals surface area contributed by atoms with E-state index in [2.05, 4.69) is 30.3 Å². The molecule has 0 saturated carbocycles. The standard InChI is InChI=1S/C20H25ClN2O4Si/c1-25-18-10-16-17(11-19(18)27-12-26-7-8-28(2,3)4)23-20(24)14-6-5-13(21)9-15(14)22-16/h5-6,9-11,22H,7-8,12H2,1-4H3,(H,23,24). The topological polar surface area (TPSA) is 68.8 Å².